The van der Waals surface area contributed by atoms with E-state index in [-0.39, 0.29) is 5.91 Å². The van der Waals surface area contributed by atoms with E-state index in [1.54, 1.807) is 0 Å². The Balaban J connectivity index is 3.44. The zero-order chi connectivity index (χ0) is 19.1. The van der Waals surface area contributed by atoms with Crippen LogP contribution in [0.3, 0.4) is 0 Å². The van der Waals surface area contributed by atoms with Gasteiger partial charge in [-0.15, -0.1) is 0 Å². The van der Waals surface area contributed by atoms with Gasteiger partial charge in [-0.2, -0.15) is 0 Å². The maximum absolute atomic E-state index is 11.4. The lowest BCUT2D eigenvalue weighted by atomic mass is 10.2. The second-order valence-electron chi connectivity index (χ2n) is 6.41. The zero-order valence-electron chi connectivity index (χ0n) is 16.7. The highest BCUT2D eigenvalue weighted by atomic mass is 16.2. The average Bonchev–Trinajstić information content (AvgIpc) is 2.65. The fraction of sp³-hybridized carbons (Fsp3) is 0.609. The molecule has 3 nitrogen and oxygen atoms in total. The molecule has 148 valence electrons. The molecule has 0 atom stereocenters. The predicted octanol–water partition coefficient (Wildman–Crippen LogP) is 5.63. The number of aliphatic hydroxyl groups is 1. The molecule has 0 aromatic carbocycles. The smallest absolute Gasteiger partial charge is 0.220 e. The number of aliphatic hydroxyl groups excluding tert-OH is 1. The van der Waals surface area contributed by atoms with Crippen molar-refractivity contribution in [1.29, 1.82) is 0 Å². The first-order valence-electron chi connectivity index (χ1n) is 10.3. The fourth-order valence-corrected chi connectivity index (χ4v) is 2.33. The van der Waals surface area contributed by atoms with E-state index in [0.29, 0.717) is 13.0 Å². The van der Waals surface area contributed by atoms with Crippen LogP contribution in [0.2, 0.25) is 0 Å². The molecular formula is C23H39NO2. The number of rotatable bonds is 17. The summed E-state index contributed by atoms with van der Waals surface area (Å²) < 4.78 is 0. The highest BCUT2D eigenvalue weighted by Gasteiger charge is 1.97. The Hall–Kier alpha value is -1.61. The molecule has 0 heterocycles. The maximum atomic E-state index is 11.4. The molecule has 2 N–H and O–H groups in total. The molecule has 0 unspecified atom stereocenters. The van der Waals surface area contributed by atoms with Gasteiger partial charge in [0, 0.05) is 19.6 Å². The molecule has 26 heavy (non-hydrogen) atoms. The molecule has 0 spiro atoms. The summed E-state index contributed by atoms with van der Waals surface area (Å²) in [4.78, 5) is 11.4. The monoisotopic (exact) mass is 361 g/mol. The van der Waals surface area contributed by atoms with Crippen LogP contribution in [0.5, 0.6) is 0 Å². The first-order valence-corrected chi connectivity index (χ1v) is 10.3. The van der Waals surface area contributed by atoms with E-state index in [2.05, 4.69) is 60.8 Å². The Labute approximate surface area is 161 Å². The largest absolute Gasteiger partial charge is 0.396 e. The van der Waals surface area contributed by atoms with Crippen molar-refractivity contribution in [3.63, 3.8) is 0 Å². The Morgan fingerprint density at radius 2 is 1.31 bits per heavy atom. The first kappa shape index (κ1) is 24.4. The van der Waals surface area contributed by atoms with Gasteiger partial charge in [0.2, 0.25) is 5.91 Å². The minimum atomic E-state index is 0.170. The Morgan fingerprint density at radius 1 is 0.769 bits per heavy atom. The average molecular weight is 362 g/mol. The number of hydrogen-bond acceptors (Lipinski definition) is 2. The van der Waals surface area contributed by atoms with Gasteiger partial charge in [-0.3, -0.25) is 4.79 Å². The van der Waals surface area contributed by atoms with E-state index in [1.165, 1.54) is 6.42 Å². The van der Waals surface area contributed by atoms with Crippen LogP contribution in [0.1, 0.15) is 77.6 Å². The van der Waals surface area contributed by atoms with Crippen LogP contribution in [0.15, 0.2) is 48.6 Å². The number of carbonyl (C=O) groups is 1. The first-order chi connectivity index (χ1) is 12.8. The lowest BCUT2D eigenvalue weighted by molar-refractivity contribution is -0.121. The Bertz CT molecular complexity index is 422. The molecule has 0 aromatic heterocycles. The predicted molar refractivity (Wildman–Crippen MR) is 113 cm³/mol. The molecule has 0 radical (unpaired) electrons. The van der Waals surface area contributed by atoms with E-state index < -0.39 is 0 Å². The van der Waals surface area contributed by atoms with Gasteiger partial charge in [0.1, 0.15) is 0 Å². The lowest BCUT2D eigenvalue weighted by Gasteiger charge is -2.01. The topological polar surface area (TPSA) is 49.3 Å². The van der Waals surface area contributed by atoms with Crippen molar-refractivity contribution in [2.24, 2.45) is 0 Å². The van der Waals surface area contributed by atoms with Gasteiger partial charge in [-0.05, 0) is 57.8 Å². The highest BCUT2D eigenvalue weighted by molar-refractivity contribution is 5.75. The molecule has 0 aliphatic rings. The third-order valence-corrected chi connectivity index (χ3v) is 3.86. The number of unbranched alkanes of at least 4 members (excludes halogenated alkanes) is 4. The van der Waals surface area contributed by atoms with Gasteiger partial charge < -0.3 is 10.4 Å². The van der Waals surface area contributed by atoms with Gasteiger partial charge in [-0.25, -0.2) is 0 Å². The summed E-state index contributed by atoms with van der Waals surface area (Å²) in [6, 6.07) is 0. The van der Waals surface area contributed by atoms with Crippen LogP contribution >= 0.6 is 0 Å². The van der Waals surface area contributed by atoms with E-state index in [4.69, 9.17) is 5.11 Å². The van der Waals surface area contributed by atoms with Gasteiger partial charge in [0.15, 0.2) is 0 Å². The number of hydrogen-bond donors (Lipinski definition) is 2. The highest BCUT2D eigenvalue weighted by Crippen LogP contribution is 2.01. The minimum absolute atomic E-state index is 0.170. The zero-order valence-corrected chi connectivity index (χ0v) is 16.7. The summed E-state index contributed by atoms with van der Waals surface area (Å²) in [5, 5.41) is 11.6. The second-order valence-corrected chi connectivity index (χ2v) is 6.41. The normalized spacial score (nSPS) is 12.2. The molecule has 0 aromatic rings. The molecule has 0 aliphatic heterocycles. The van der Waals surface area contributed by atoms with Crippen molar-refractivity contribution in [2.45, 2.75) is 77.6 Å². The maximum Gasteiger partial charge on any atom is 0.220 e. The SMILES string of the molecule is CCCNC(=O)CCC/C=C\C/C=C\C/C=C\C/C=C\CCCCCO. The molecule has 0 fully saturated rings. The molecule has 3 heteroatoms. The van der Waals surface area contributed by atoms with E-state index in [9.17, 15) is 4.79 Å². The number of nitrogens with one attached hydrogen (secondary N) is 1. The van der Waals surface area contributed by atoms with Crippen molar-refractivity contribution in [1.82, 2.24) is 5.32 Å². The van der Waals surface area contributed by atoms with Gasteiger partial charge >= 0.3 is 0 Å². The fourth-order valence-electron chi connectivity index (χ4n) is 2.33. The number of amides is 1. The number of allylic oxidation sites excluding steroid dienone is 8. The molecule has 0 saturated carbocycles. The molecule has 1 amide bonds. The van der Waals surface area contributed by atoms with Crippen LogP contribution in [-0.4, -0.2) is 24.2 Å². The minimum Gasteiger partial charge on any atom is -0.396 e. The van der Waals surface area contributed by atoms with Gasteiger partial charge in [0.25, 0.3) is 0 Å². The lowest BCUT2D eigenvalue weighted by Crippen LogP contribution is -2.23. The quantitative estimate of drug-likeness (QED) is 0.260. The standard InChI is InChI=1S/C23H39NO2/c1-2-21-24-23(26)20-18-16-14-12-10-8-6-4-3-5-7-9-11-13-15-17-19-22-25/h3,5-6,8-9,11-12,14,25H,2,4,7,10,13,15-22H2,1H3,(H,24,26)/b5-3-,8-6-,11-9-,14-12-. The molecule has 0 bridgehead atoms. The molecule has 0 saturated heterocycles. The second kappa shape index (κ2) is 21.4. The summed E-state index contributed by atoms with van der Waals surface area (Å²) in [5.41, 5.74) is 0. The number of carbonyl (C=O) groups excluding carboxylic acids is 1. The molecule has 0 rings (SSSR count). The molecule has 0 aliphatic carbocycles. The Morgan fingerprint density at radius 3 is 1.85 bits per heavy atom. The summed E-state index contributed by atoms with van der Waals surface area (Å²) in [6.45, 7) is 3.16. The van der Waals surface area contributed by atoms with Crippen LogP contribution in [0.25, 0.3) is 0 Å². The van der Waals surface area contributed by atoms with Crippen molar-refractivity contribution in [2.75, 3.05) is 13.2 Å². The van der Waals surface area contributed by atoms with Gasteiger partial charge in [0.05, 0.1) is 0 Å². The Kier molecular flexibility index (Phi) is 20.1. The van der Waals surface area contributed by atoms with Crippen LogP contribution in [0, 0.1) is 0 Å². The van der Waals surface area contributed by atoms with Crippen LogP contribution in [-0.2, 0) is 4.79 Å². The summed E-state index contributed by atoms with van der Waals surface area (Å²) in [7, 11) is 0. The van der Waals surface area contributed by atoms with Crippen molar-refractivity contribution in [3.8, 4) is 0 Å². The van der Waals surface area contributed by atoms with Crippen molar-refractivity contribution in [3.05, 3.63) is 48.6 Å². The van der Waals surface area contributed by atoms with E-state index in [1.807, 2.05) is 0 Å². The van der Waals surface area contributed by atoms with E-state index >= 15 is 0 Å². The third-order valence-electron chi connectivity index (χ3n) is 3.86. The summed E-state index contributed by atoms with van der Waals surface area (Å²) in [6.07, 6.45) is 28.3. The summed E-state index contributed by atoms with van der Waals surface area (Å²) >= 11 is 0. The van der Waals surface area contributed by atoms with Crippen molar-refractivity contribution >= 4 is 5.91 Å². The van der Waals surface area contributed by atoms with Crippen LogP contribution in [0.4, 0.5) is 0 Å². The molecular weight excluding hydrogens is 322 g/mol. The third kappa shape index (κ3) is 20.4. The summed E-state index contributed by atoms with van der Waals surface area (Å²) in [5.74, 6) is 0.170. The van der Waals surface area contributed by atoms with Gasteiger partial charge in [-0.1, -0.05) is 62.0 Å². The van der Waals surface area contributed by atoms with E-state index in [0.717, 1.165) is 64.3 Å². The van der Waals surface area contributed by atoms with Crippen LogP contribution < -0.4 is 5.32 Å². The van der Waals surface area contributed by atoms with Crippen molar-refractivity contribution < 1.29 is 9.90 Å².